The number of hydrogen-bond donors (Lipinski definition) is 4. The molecule has 0 radical (unpaired) electrons. The summed E-state index contributed by atoms with van der Waals surface area (Å²) in [5.41, 5.74) is 7.20. The van der Waals surface area contributed by atoms with Crippen LogP contribution < -0.4 is 16.1 Å². The number of nitrogens with two attached hydrogens (primary N) is 1. The van der Waals surface area contributed by atoms with Crippen molar-refractivity contribution in [1.29, 1.82) is 0 Å². The Morgan fingerprint density at radius 3 is 2.29 bits per heavy atom. The van der Waals surface area contributed by atoms with Gasteiger partial charge in [0.25, 0.3) is 0 Å². The number of ether oxygens (including phenoxy) is 1. The molecule has 0 aliphatic rings. The highest BCUT2D eigenvalue weighted by Crippen LogP contribution is 2.31. The molecule has 5 N–H and O–H groups in total. The van der Waals surface area contributed by atoms with Crippen molar-refractivity contribution in [1.82, 2.24) is 24.6 Å². The number of imidazole rings is 1. The van der Waals surface area contributed by atoms with Gasteiger partial charge in [-0.1, -0.05) is 77.8 Å². The quantitative estimate of drug-likeness (QED) is 0.0888. The Morgan fingerprint density at radius 2 is 1.73 bits per heavy atom. The predicted molar refractivity (Wildman–Crippen MR) is 175 cm³/mol. The zero-order chi connectivity index (χ0) is 30.6. The molecular formula is C28H55N7O4P2. The molecule has 2 aromatic rings. The van der Waals surface area contributed by atoms with E-state index in [9.17, 15) is 9.90 Å². The number of fused-ring (bicyclic) bond motifs is 1. The van der Waals surface area contributed by atoms with Gasteiger partial charge >= 0.3 is 5.97 Å². The van der Waals surface area contributed by atoms with Crippen molar-refractivity contribution in [2.24, 2.45) is 0 Å². The summed E-state index contributed by atoms with van der Waals surface area (Å²) in [5, 5.41) is 15.9. The van der Waals surface area contributed by atoms with Crippen molar-refractivity contribution in [3.05, 3.63) is 6.33 Å². The highest BCUT2D eigenvalue weighted by Gasteiger charge is 2.22. The van der Waals surface area contributed by atoms with Crippen LogP contribution in [0.1, 0.15) is 96.9 Å². The number of nitrogens with one attached hydrogen (secondary N) is 2. The van der Waals surface area contributed by atoms with Crippen LogP contribution >= 0.6 is 17.5 Å². The highest BCUT2D eigenvalue weighted by atomic mass is 31.2. The van der Waals surface area contributed by atoms with Gasteiger partial charge < -0.3 is 30.0 Å². The Hall–Kier alpha value is -1.64. The summed E-state index contributed by atoms with van der Waals surface area (Å²) < 4.78 is 13.7. The van der Waals surface area contributed by atoms with E-state index in [1.54, 1.807) is 20.5 Å². The average Bonchev–Trinajstić information content (AvgIpc) is 3.39. The average molecular weight is 616 g/mol. The van der Waals surface area contributed by atoms with Gasteiger partial charge in [-0.25, -0.2) is 4.98 Å². The Morgan fingerprint density at radius 1 is 1.12 bits per heavy atom. The fourth-order valence-electron chi connectivity index (χ4n) is 4.69. The fraction of sp³-hybridized carbons (Fsp3) is 0.786. The number of carbonyl (C=O) groups is 1. The lowest BCUT2D eigenvalue weighted by Crippen LogP contribution is -2.34. The molecule has 0 saturated heterocycles. The summed E-state index contributed by atoms with van der Waals surface area (Å²) >= 11 is 0. The molecule has 0 amide bonds. The Kier molecular flexibility index (Phi) is 20.0. The molecule has 0 aliphatic heterocycles. The number of carboxylic acids is 1. The molecular weight excluding hydrogens is 560 g/mol. The standard InChI is InChI=1S/C27H50N7O4P.CH5P/c1-6-7-8-9-10-11-12-13-14-15-16-22(26(35)36)33-39(5)38-18-21(37-4)17-20(2)34-19-30-23-24(29-3)31-27(28)32-25(23)34;1-2/h19-22,33H,6-18H2,1-5H3,(H,35,36)(H3,28,29,31,32);2H2,1H3. The van der Waals surface area contributed by atoms with E-state index in [2.05, 4.69) is 48.4 Å². The number of hydrogen-bond acceptors (Lipinski definition) is 9. The lowest BCUT2D eigenvalue weighted by Gasteiger charge is -2.24. The van der Waals surface area contributed by atoms with Gasteiger partial charge in [0.2, 0.25) is 5.95 Å². The third-order valence-corrected chi connectivity index (χ3v) is 8.24. The van der Waals surface area contributed by atoms with Crippen LogP contribution in [0.25, 0.3) is 11.2 Å². The molecule has 11 nitrogen and oxygen atoms in total. The molecule has 2 rings (SSSR count). The van der Waals surface area contributed by atoms with Gasteiger partial charge in [0, 0.05) is 20.2 Å². The number of methoxy groups -OCH3 is 1. The lowest BCUT2D eigenvalue weighted by atomic mass is 10.0. The number of nitrogens with zero attached hydrogens (tertiary/aromatic N) is 4. The highest BCUT2D eigenvalue weighted by molar-refractivity contribution is 7.49. The summed E-state index contributed by atoms with van der Waals surface area (Å²) in [6.45, 7) is 8.47. The van der Waals surface area contributed by atoms with Gasteiger partial charge in [-0.05, 0) is 26.4 Å². The van der Waals surface area contributed by atoms with E-state index in [0.717, 1.165) is 12.8 Å². The minimum Gasteiger partial charge on any atom is -0.480 e. The zero-order valence-electron chi connectivity index (χ0n) is 26.1. The van der Waals surface area contributed by atoms with Crippen molar-refractivity contribution in [3.8, 4) is 0 Å². The van der Waals surface area contributed by atoms with Gasteiger partial charge in [-0.3, -0.25) is 9.88 Å². The topological polar surface area (TPSA) is 149 Å². The van der Waals surface area contributed by atoms with Gasteiger partial charge in [0.15, 0.2) is 17.0 Å². The van der Waals surface area contributed by atoms with Crippen molar-refractivity contribution >= 4 is 46.4 Å². The van der Waals surface area contributed by atoms with E-state index in [-0.39, 0.29) is 18.1 Å². The van der Waals surface area contributed by atoms with Crippen LogP contribution in [0.5, 0.6) is 0 Å². The van der Waals surface area contributed by atoms with Crippen LogP contribution in [0, 0.1) is 0 Å². The van der Waals surface area contributed by atoms with Crippen LogP contribution in [0.3, 0.4) is 0 Å². The van der Waals surface area contributed by atoms with Crippen LogP contribution in [0.2, 0.25) is 0 Å². The van der Waals surface area contributed by atoms with Gasteiger partial charge in [-0.2, -0.15) is 9.97 Å². The summed E-state index contributed by atoms with van der Waals surface area (Å²) in [6, 6.07) is -0.583. The molecule has 5 unspecified atom stereocenters. The minimum atomic E-state index is -1.11. The number of unbranched alkanes of at least 4 members (excludes halogenated alkanes) is 9. The first kappa shape index (κ1) is 37.4. The predicted octanol–water partition coefficient (Wildman–Crippen LogP) is 6.22. The monoisotopic (exact) mass is 615 g/mol. The molecule has 5 atom stereocenters. The zero-order valence-corrected chi connectivity index (χ0v) is 28.1. The summed E-state index contributed by atoms with van der Waals surface area (Å²) in [4.78, 5) is 24.8. The number of aliphatic carboxylic acids is 1. The summed E-state index contributed by atoms with van der Waals surface area (Å²) in [6.07, 6.45) is 15.1. The molecule has 0 fully saturated rings. The van der Waals surface area contributed by atoms with Gasteiger partial charge in [0.05, 0.1) is 27.3 Å². The number of anilines is 2. The minimum absolute atomic E-state index is 0.0155. The molecule has 0 spiro atoms. The normalized spacial score (nSPS) is 14.2. The van der Waals surface area contributed by atoms with E-state index in [1.165, 1.54) is 51.4 Å². The molecule has 0 saturated carbocycles. The van der Waals surface area contributed by atoms with Crippen LogP contribution in [0.15, 0.2) is 6.33 Å². The summed E-state index contributed by atoms with van der Waals surface area (Å²) in [5.74, 6) is -0.0561. The number of nitrogen functional groups attached to an aromatic ring is 1. The maximum atomic E-state index is 11.8. The first-order valence-corrected chi connectivity index (χ1v) is 17.8. The number of carboxylic acid groups (broad SMARTS) is 1. The SMILES string of the molecule is CCCCCCCCCCCCC(NP(C)OCC(CC(C)n1cnc2c(NC)nc(N)nc21)OC)C(=O)O.CP. The van der Waals surface area contributed by atoms with Crippen LogP contribution in [-0.2, 0) is 14.1 Å². The second kappa shape index (κ2) is 22.0. The van der Waals surface area contributed by atoms with E-state index in [0.29, 0.717) is 36.4 Å². The molecule has 13 heteroatoms. The van der Waals surface area contributed by atoms with Crippen LogP contribution in [-0.4, -0.2) is 76.8 Å². The first-order valence-electron chi connectivity index (χ1n) is 14.9. The maximum Gasteiger partial charge on any atom is 0.321 e. The molecule has 2 heterocycles. The van der Waals surface area contributed by atoms with E-state index in [1.807, 2.05) is 17.9 Å². The van der Waals surface area contributed by atoms with Crippen molar-refractivity contribution in [3.63, 3.8) is 0 Å². The van der Waals surface area contributed by atoms with E-state index >= 15 is 0 Å². The smallest absolute Gasteiger partial charge is 0.321 e. The number of rotatable bonds is 22. The molecule has 0 aromatic carbocycles. The maximum absolute atomic E-state index is 11.8. The largest absolute Gasteiger partial charge is 0.480 e. The van der Waals surface area contributed by atoms with Crippen molar-refractivity contribution in [2.75, 3.05) is 45.1 Å². The first-order chi connectivity index (χ1) is 19.8. The Labute approximate surface area is 250 Å². The van der Waals surface area contributed by atoms with Crippen molar-refractivity contribution < 1.29 is 19.2 Å². The summed E-state index contributed by atoms with van der Waals surface area (Å²) in [7, 11) is 4.73. The van der Waals surface area contributed by atoms with E-state index in [4.69, 9.17) is 15.0 Å². The number of aromatic nitrogens is 4. The Balaban J connectivity index is 0.00000411. The Bertz CT molecular complexity index is 982. The second-order valence-corrected chi connectivity index (χ2v) is 11.7. The molecule has 0 bridgehead atoms. The van der Waals surface area contributed by atoms with Crippen molar-refractivity contribution in [2.45, 2.75) is 109 Å². The molecule has 236 valence electrons. The van der Waals surface area contributed by atoms with Crippen LogP contribution in [0.4, 0.5) is 11.8 Å². The molecule has 2 aromatic heterocycles. The third kappa shape index (κ3) is 13.9. The lowest BCUT2D eigenvalue weighted by molar-refractivity contribution is -0.139. The van der Waals surface area contributed by atoms with Gasteiger partial charge in [0.1, 0.15) is 6.04 Å². The second-order valence-electron chi connectivity index (χ2n) is 10.2. The molecule has 41 heavy (non-hydrogen) atoms. The van der Waals surface area contributed by atoms with E-state index < -0.39 is 20.3 Å². The fourth-order valence-corrected chi connectivity index (χ4v) is 5.83. The molecule has 0 aliphatic carbocycles. The third-order valence-electron chi connectivity index (χ3n) is 7.02. The van der Waals surface area contributed by atoms with Gasteiger partial charge in [-0.15, -0.1) is 9.24 Å².